The fourth-order valence-corrected chi connectivity index (χ4v) is 4.03. The van der Waals surface area contributed by atoms with E-state index in [4.69, 9.17) is 14.2 Å². The van der Waals surface area contributed by atoms with E-state index in [0.29, 0.717) is 17.2 Å². The molecule has 0 aromatic heterocycles. The molecular weight excluding hydrogens is 408 g/mol. The molecule has 0 bridgehead atoms. The summed E-state index contributed by atoms with van der Waals surface area (Å²) in [6, 6.07) is 12.1. The molecule has 1 aliphatic rings. The molecule has 8 nitrogen and oxygen atoms in total. The Balaban J connectivity index is 1.65. The molecule has 162 valence electrons. The molecule has 0 radical (unpaired) electrons. The van der Waals surface area contributed by atoms with Crippen LogP contribution in [0.3, 0.4) is 0 Å². The Labute approximate surface area is 176 Å². The number of anilines is 1. The topological polar surface area (TPSA) is 94.2 Å². The summed E-state index contributed by atoms with van der Waals surface area (Å²) >= 11 is 0. The van der Waals surface area contributed by atoms with Crippen LogP contribution in [-0.4, -0.2) is 46.1 Å². The van der Waals surface area contributed by atoms with E-state index < -0.39 is 15.9 Å². The lowest BCUT2D eigenvalue weighted by molar-refractivity contribution is -0.120. The monoisotopic (exact) mass is 434 g/mol. The van der Waals surface area contributed by atoms with E-state index in [1.54, 1.807) is 25.1 Å². The smallest absolute Gasteiger partial charge is 0.241 e. The third kappa shape index (κ3) is 5.15. The number of rotatable bonds is 9. The summed E-state index contributed by atoms with van der Waals surface area (Å²) in [4.78, 5) is 12.6. The van der Waals surface area contributed by atoms with Crippen LogP contribution in [0.4, 0.5) is 5.69 Å². The number of hydrogen-bond acceptors (Lipinski definition) is 6. The van der Waals surface area contributed by atoms with Gasteiger partial charge in [0.1, 0.15) is 18.9 Å². The second-order valence-corrected chi connectivity index (χ2v) is 9.17. The Morgan fingerprint density at radius 2 is 1.93 bits per heavy atom. The Bertz CT molecular complexity index is 1010. The highest BCUT2D eigenvalue weighted by Crippen LogP contribution is 2.36. The van der Waals surface area contributed by atoms with Crippen molar-refractivity contribution < 1.29 is 27.4 Å². The summed E-state index contributed by atoms with van der Waals surface area (Å²) in [6.45, 7) is 5.28. The van der Waals surface area contributed by atoms with Gasteiger partial charge >= 0.3 is 0 Å². The summed E-state index contributed by atoms with van der Waals surface area (Å²) < 4.78 is 42.7. The summed E-state index contributed by atoms with van der Waals surface area (Å²) in [7, 11) is -3.68. The van der Waals surface area contributed by atoms with Gasteiger partial charge in [0.25, 0.3) is 0 Å². The molecule has 30 heavy (non-hydrogen) atoms. The second kappa shape index (κ2) is 9.25. The quantitative estimate of drug-likeness (QED) is 0.652. The molecule has 0 saturated carbocycles. The fraction of sp³-hybridized carbons (Fsp3) is 0.381. The molecule has 1 atom stereocenters. The van der Waals surface area contributed by atoms with Crippen LogP contribution in [0, 0.1) is 6.92 Å². The zero-order valence-corrected chi connectivity index (χ0v) is 18.1. The van der Waals surface area contributed by atoms with Crippen molar-refractivity contribution in [3.63, 3.8) is 0 Å². The first-order valence-electron chi connectivity index (χ1n) is 9.68. The van der Waals surface area contributed by atoms with Gasteiger partial charge in [-0.25, -0.2) is 8.42 Å². The lowest BCUT2D eigenvalue weighted by atomic mass is 10.2. The van der Waals surface area contributed by atoms with Gasteiger partial charge in [0.05, 0.1) is 17.5 Å². The third-order valence-electron chi connectivity index (χ3n) is 4.62. The van der Waals surface area contributed by atoms with Crippen LogP contribution >= 0.6 is 0 Å². The molecule has 1 amide bonds. The first kappa shape index (κ1) is 21.8. The van der Waals surface area contributed by atoms with Gasteiger partial charge in [-0.15, -0.1) is 0 Å². The highest BCUT2D eigenvalue weighted by molar-refractivity contribution is 7.92. The maximum Gasteiger partial charge on any atom is 0.241 e. The van der Waals surface area contributed by atoms with Crippen LogP contribution in [0.25, 0.3) is 0 Å². The molecule has 3 rings (SSSR count). The Morgan fingerprint density at radius 3 is 2.67 bits per heavy atom. The molecule has 1 unspecified atom stereocenters. The molecule has 1 N–H and O–H groups in total. The lowest BCUT2D eigenvalue weighted by Crippen LogP contribution is -2.45. The summed E-state index contributed by atoms with van der Waals surface area (Å²) in [5.74, 6) is 1.17. The number of aryl methyl sites for hydroxylation is 1. The normalized spacial score (nSPS) is 13.6. The highest BCUT2D eigenvalue weighted by atomic mass is 32.2. The fourth-order valence-electron chi connectivity index (χ4n) is 2.97. The van der Waals surface area contributed by atoms with Crippen molar-refractivity contribution >= 4 is 21.6 Å². The number of carbonyl (C=O) groups is 1. The first-order valence-corrected chi connectivity index (χ1v) is 11.3. The SMILES string of the molecule is CCS(=O)(=O)N(CC(=O)NC(C)COc1ccccc1C)c1ccc2c(c1)OCO2. The van der Waals surface area contributed by atoms with Gasteiger partial charge in [0.2, 0.25) is 22.7 Å². The zero-order chi connectivity index (χ0) is 21.7. The van der Waals surface area contributed by atoms with Crippen molar-refractivity contribution in [1.29, 1.82) is 0 Å². The largest absolute Gasteiger partial charge is 0.491 e. The van der Waals surface area contributed by atoms with Crippen molar-refractivity contribution in [3.05, 3.63) is 48.0 Å². The molecular formula is C21H26N2O6S. The minimum Gasteiger partial charge on any atom is -0.491 e. The van der Waals surface area contributed by atoms with Gasteiger partial charge in [0, 0.05) is 6.07 Å². The first-order chi connectivity index (χ1) is 14.3. The predicted octanol–water partition coefficient (Wildman–Crippen LogP) is 2.46. The number of hydrogen-bond donors (Lipinski definition) is 1. The number of benzene rings is 2. The molecule has 0 saturated heterocycles. The maximum absolute atomic E-state index is 12.6. The second-order valence-electron chi connectivity index (χ2n) is 6.99. The molecule has 1 aliphatic heterocycles. The standard InChI is InChI=1S/C21H26N2O6S/c1-4-30(25,26)23(17-9-10-19-20(11-17)29-14-28-19)12-21(24)22-16(3)13-27-18-8-6-5-7-15(18)2/h5-11,16H,4,12-14H2,1-3H3,(H,22,24). The molecule has 2 aromatic carbocycles. The number of amides is 1. The average Bonchev–Trinajstić information content (AvgIpc) is 3.19. The lowest BCUT2D eigenvalue weighted by Gasteiger charge is -2.24. The molecule has 0 aliphatic carbocycles. The summed E-state index contributed by atoms with van der Waals surface area (Å²) in [5, 5.41) is 2.79. The van der Waals surface area contributed by atoms with Gasteiger partial charge in [-0.05, 0) is 44.5 Å². The van der Waals surface area contributed by atoms with Gasteiger partial charge in [-0.1, -0.05) is 18.2 Å². The van der Waals surface area contributed by atoms with Gasteiger partial charge in [0.15, 0.2) is 11.5 Å². The van der Waals surface area contributed by atoms with E-state index in [1.165, 1.54) is 6.92 Å². The van der Waals surface area contributed by atoms with E-state index in [1.807, 2.05) is 31.2 Å². The number of nitrogens with one attached hydrogen (secondary N) is 1. The third-order valence-corrected chi connectivity index (χ3v) is 6.36. The van der Waals surface area contributed by atoms with Crippen LogP contribution in [0.5, 0.6) is 17.2 Å². The van der Waals surface area contributed by atoms with Crippen LogP contribution in [-0.2, 0) is 14.8 Å². The Kier molecular flexibility index (Phi) is 6.71. The Morgan fingerprint density at radius 1 is 1.20 bits per heavy atom. The van der Waals surface area contributed by atoms with Crippen molar-refractivity contribution in [2.24, 2.45) is 0 Å². The summed E-state index contributed by atoms with van der Waals surface area (Å²) in [6.07, 6.45) is 0. The molecule has 1 heterocycles. The average molecular weight is 435 g/mol. The minimum atomic E-state index is -3.68. The van der Waals surface area contributed by atoms with Crippen LogP contribution in [0.15, 0.2) is 42.5 Å². The van der Waals surface area contributed by atoms with Crippen molar-refractivity contribution in [2.45, 2.75) is 26.8 Å². The highest BCUT2D eigenvalue weighted by Gasteiger charge is 2.26. The van der Waals surface area contributed by atoms with Crippen LogP contribution in [0.1, 0.15) is 19.4 Å². The molecule has 0 fully saturated rings. The maximum atomic E-state index is 12.6. The molecule has 2 aromatic rings. The van der Waals surface area contributed by atoms with Gasteiger partial charge in [-0.3, -0.25) is 9.10 Å². The molecule has 0 spiro atoms. The van der Waals surface area contributed by atoms with E-state index in [9.17, 15) is 13.2 Å². The molecule has 9 heteroatoms. The number of para-hydroxylation sites is 1. The van der Waals surface area contributed by atoms with E-state index in [2.05, 4.69) is 5.32 Å². The predicted molar refractivity (Wildman–Crippen MR) is 114 cm³/mol. The van der Waals surface area contributed by atoms with Crippen molar-refractivity contribution in [3.8, 4) is 17.2 Å². The zero-order valence-electron chi connectivity index (χ0n) is 17.3. The van der Waals surface area contributed by atoms with Crippen LogP contribution < -0.4 is 23.8 Å². The number of sulfonamides is 1. The number of ether oxygens (including phenoxy) is 3. The summed E-state index contributed by atoms with van der Waals surface area (Å²) in [5.41, 5.74) is 1.35. The minimum absolute atomic E-state index is 0.0816. The van der Waals surface area contributed by atoms with E-state index in [0.717, 1.165) is 15.6 Å². The van der Waals surface area contributed by atoms with Crippen LogP contribution in [0.2, 0.25) is 0 Å². The van der Waals surface area contributed by atoms with Gasteiger partial charge in [-0.2, -0.15) is 0 Å². The number of fused-ring (bicyclic) bond motifs is 1. The van der Waals surface area contributed by atoms with E-state index in [-0.39, 0.29) is 31.7 Å². The van der Waals surface area contributed by atoms with E-state index >= 15 is 0 Å². The Hall–Kier alpha value is -2.94. The number of carbonyl (C=O) groups excluding carboxylic acids is 1. The number of nitrogens with zero attached hydrogens (tertiary/aromatic N) is 1. The van der Waals surface area contributed by atoms with Crippen molar-refractivity contribution in [1.82, 2.24) is 5.32 Å². The van der Waals surface area contributed by atoms with Gasteiger partial charge < -0.3 is 19.5 Å². The van der Waals surface area contributed by atoms with Crippen molar-refractivity contribution in [2.75, 3.05) is 30.0 Å².